The molecule has 17 heavy (non-hydrogen) atoms. The van der Waals surface area contributed by atoms with E-state index in [2.05, 4.69) is 22.4 Å². The molecule has 1 N–H and O–H groups in total. The van der Waals surface area contributed by atoms with Crippen molar-refractivity contribution in [3.8, 4) is 0 Å². The number of anilines is 1. The number of rotatable bonds is 4. The van der Waals surface area contributed by atoms with Crippen LogP contribution in [-0.4, -0.2) is 16.2 Å². The van der Waals surface area contributed by atoms with Crippen molar-refractivity contribution in [1.82, 2.24) is 10.2 Å². The molecule has 0 radical (unpaired) electrons. The Hall–Kier alpha value is -0.770. The van der Waals surface area contributed by atoms with Crippen molar-refractivity contribution >= 4 is 17.6 Å². The number of alkyl halides is 1. The first-order chi connectivity index (χ1) is 8.16. The highest BCUT2D eigenvalue weighted by Gasteiger charge is 2.21. The molecule has 96 valence electrons. The van der Waals surface area contributed by atoms with Crippen LogP contribution in [-0.2, 0) is 0 Å². The summed E-state index contributed by atoms with van der Waals surface area (Å²) in [5.41, 5.74) is 0. The Morgan fingerprint density at radius 3 is 2.53 bits per heavy atom. The van der Waals surface area contributed by atoms with Crippen LogP contribution in [0.25, 0.3) is 0 Å². The number of aromatic nitrogens is 2. The van der Waals surface area contributed by atoms with Gasteiger partial charge in [-0.05, 0) is 32.6 Å². The number of hydrogen-bond acceptors (Lipinski definition) is 4. The number of nitrogens with one attached hydrogen (secondary N) is 1. The SMILES string of the molecule is CC(Cl)c1nnc(NC(C)C2CCCCC2)o1. The molecular weight excluding hydrogens is 238 g/mol. The molecule has 1 fully saturated rings. The zero-order chi connectivity index (χ0) is 12.3. The molecule has 1 aliphatic carbocycles. The van der Waals surface area contributed by atoms with Crippen molar-refractivity contribution in [2.45, 2.75) is 57.4 Å². The zero-order valence-electron chi connectivity index (χ0n) is 10.4. The maximum Gasteiger partial charge on any atom is 0.315 e. The fourth-order valence-electron chi connectivity index (χ4n) is 2.40. The van der Waals surface area contributed by atoms with E-state index in [1.165, 1.54) is 32.1 Å². The second kappa shape index (κ2) is 5.71. The lowest BCUT2D eigenvalue weighted by Crippen LogP contribution is -2.27. The molecule has 0 aliphatic heterocycles. The summed E-state index contributed by atoms with van der Waals surface area (Å²) >= 11 is 5.88. The van der Waals surface area contributed by atoms with E-state index in [9.17, 15) is 0 Å². The summed E-state index contributed by atoms with van der Waals surface area (Å²) in [5, 5.41) is 10.9. The van der Waals surface area contributed by atoms with Crippen LogP contribution >= 0.6 is 11.6 Å². The van der Waals surface area contributed by atoms with Gasteiger partial charge in [0.1, 0.15) is 5.38 Å². The minimum atomic E-state index is -0.233. The lowest BCUT2D eigenvalue weighted by atomic mass is 9.85. The van der Waals surface area contributed by atoms with E-state index in [1.54, 1.807) is 0 Å². The van der Waals surface area contributed by atoms with Crippen molar-refractivity contribution in [1.29, 1.82) is 0 Å². The number of halogens is 1. The first kappa shape index (κ1) is 12.7. The highest BCUT2D eigenvalue weighted by Crippen LogP contribution is 2.28. The maximum absolute atomic E-state index is 5.88. The molecule has 2 rings (SSSR count). The molecule has 4 nitrogen and oxygen atoms in total. The van der Waals surface area contributed by atoms with E-state index in [1.807, 2.05) is 6.92 Å². The summed E-state index contributed by atoms with van der Waals surface area (Å²) in [5.74, 6) is 1.19. The van der Waals surface area contributed by atoms with E-state index >= 15 is 0 Å². The number of hydrogen-bond donors (Lipinski definition) is 1. The van der Waals surface area contributed by atoms with Gasteiger partial charge in [0.2, 0.25) is 5.89 Å². The Morgan fingerprint density at radius 1 is 1.24 bits per heavy atom. The van der Waals surface area contributed by atoms with Crippen molar-refractivity contribution in [3.05, 3.63) is 5.89 Å². The molecule has 1 aliphatic rings. The predicted molar refractivity (Wildman–Crippen MR) is 68.2 cm³/mol. The highest BCUT2D eigenvalue weighted by molar-refractivity contribution is 6.20. The van der Waals surface area contributed by atoms with Crippen LogP contribution in [0.2, 0.25) is 0 Å². The molecule has 2 unspecified atom stereocenters. The van der Waals surface area contributed by atoms with Gasteiger partial charge in [-0.15, -0.1) is 16.7 Å². The van der Waals surface area contributed by atoms with Gasteiger partial charge in [-0.3, -0.25) is 0 Å². The Labute approximate surface area is 107 Å². The summed E-state index contributed by atoms with van der Waals surface area (Å²) in [4.78, 5) is 0. The van der Waals surface area contributed by atoms with Gasteiger partial charge in [-0.1, -0.05) is 24.4 Å². The van der Waals surface area contributed by atoms with Crippen LogP contribution in [0.15, 0.2) is 4.42 Å². The van der Waals surface area contributed by atoms with E-state index in [0.29, 0.717) is 23.9 Å². The van der Waals surface area contributed by atoms with E-state index in [-0.39, 0.29) is 5.38 Å². The zero-order valence-corrected chi connectivity index (χ0v) is 11.2. The Bertz CT molecular complexity index is 347. The van der Waals surface area contributed by atoms with Crippen LogP contribution in [0.4, 0.5) is 6.01 Å². The molecule has 1 aromatic rings. The quantitative estimate of drug-likeness (QED) is 0.835. The molecule has 1 aromatic heterocycles. The van der Waals surface area contributed by atoms with Crippen molar-refractivity contribution in [2.75, 3.05) is 5.32 Å². The molecule has 0 spiro atoms. The normalized spacial score (nSPS) is 21.1. The van der Waals surface area contributed by atoms with Crippen LogP contribution in [0.5, 0.6) is 0 Å². The highest BCUT2D eigenvalue weighted by atomic mass is 35.5. The number of nitrogens with zero attached hydrogens (tertiary/aromatic N) is 2. The molecule has 0 amide bonds. The van der Waals surface area contributed by atoms with Gasteiger partial charge < -0.3 is 9.73 Å². The minimum absolute atomic E-state index is 0.233. The average molecular weight is 258 g/mol. The van der Waals surface area contributed by atoms with Crippen molar-refractivity contribution in [2.24, 2.45) is 5.92 Å². The second-order valence-corrected chi connectivity index (χ2v) is 5.55. The predicted octanol–water partition coefficient (Wildman–Crippen LogP) is 3.75. The van der Waals surface area contributed by atoms with Crippen LogP contribution in [0, 0.1) is 5.92 Å². The summed E-state index contributed by atoms with van der Waals surface area (Å²) < 4.78 is 5.44. The van der Waals surface area contributed by atoms with Crippen LogP contribution < -0.4 is 5.32 Å². The van der Waals surface area contributed by atoms with Gasteiger partial charge in [0, 0.05) is 6.04 Å². The Kier molecular flexibility index (Phi) is 4.26. The van der Waals surface area contributed by atoms with Gasteiger partial charge in [0.15, 0.2) is 0 Å². The Morgan fingerprint density at radius 2 is 1.94 bits per heavy atom. The minimum Gasteiger partial charge on any atom is -0.406 e. The Balaban J connectivity index is 1.90. The summed E-state index contributed by atoms with van der Waals surface area (Å²) in [6.45, 7) is 4.01. The summed E-state index contributed by atoms with van der Waals surface area (Å²) in [7, 11) is 0. The first-order valence-electron chi connectivity index (χ1n) is 6.41. The van der Waals surface area contributed by atoms with Crippen LogP contribution in [0.3, 0.4) is 0 Å². The third-order valence-corrected chi connectivity index (χ3v) is 3.68. The molecule has 0 bridgehead atoms. The molecule has 0 saturated heterocycles. The van der Waals surface area contributed by atoms with Gasteiger partial charge >= 0.3 is 6.01 Å². The van der Waals surface area contributed by atoms with Gasteiger partial charge in [-0.2, -0.15) is 0 Å². The summed E-state index contributed by atoms with van der Waals surface area (Å²) in [6, 6.07) is 0.875. The molecule has 5 heteroatoms. The van der Waals surface area contributed by atoms with Gasteiger partial charge in [0.25, 0.3) is 0 Å². The lowest BCUT2D eigenvalue weighted by molar-refractivity contribution is 0.324. The largest absolute Gasteiger partial charge is 0.406 e. The van der Waals surface area contributed by atoms with Gasteiger partial charge in [-0.25, -0.2) is 0 Å². The standard InChI is InChI=1S/C12H20ClN3O/c1-8(13)11-15-16-12(17-11)14-9(2)10-6-4-3-5-7-10/h8-10H,3-7H2,1-2H3,(H,14,16). The topological polar surface area (TPSA) is 51.0 Å². The smallest absolute Gasteiger partial charge is 0.315 e. The van der Waals surface area contributed by atoms with Crippen molar-refractivity contribution < 1.29 is 4.42 Å². The first-order valence-corrected chi connectivity index (χ1v) is 6.84. The van der Waals surface area contributed by atoms with Gasteiger partial charge in [0.05, 0.1) is 0 Å². The fraction of sp³-hybridized carbons (Fsp3) is 0.833. The molecular formula is C12H20ClN3O. The molecule has 2 atom stereocenters. The molecule has 1 heterocycles. The van der Waals surface area contributed by atoms with E-state index in [0.717, 1.165) is 0 Å². The average Bonchev–Trinajstić information content (AvgIpc) is 2.79. The second-order valence-electron chi connectivity index (χ2n) is 4.89. The van der Waals surface area contributed by atoms with E-state index in [4.69, 9.17) is 16.0 Å². The lowest BCUT2D eigenvalue weighted by Gasteiger charge is -2.27. The molecule has 1 saturated carbocycles. The third kappa shape index (κ3) is 3.35. The maximum atomic E-state index is 5.88. The van der Waals surface area contributed by atoms with Crippen molar-refractivity contribution in [3.63, 3.8) is 0 Å². The van der Waals surface area contributed by atoms with Crippen LogP contribution in [0.1, 0.15) is 57.2 Å². The monoisotopic (exact) mass is 257 g/mol. The molecule has 0 aromatic carbocycles. The third-order valence-electron chi connectivity index (χ3n) is 3.49. The fourth-order valence-corrected chi connectivity index (χ4v) is 2.49. The van der Waals surface area contributed by atoms with E-state index < -0.39 is 0 Å². The summed E-state index contributed by atoms with van der Waals surface area (Å²) in [6.07, 6.45) is 6.63.